The van der Waals surface area contributed by atoms with Gasteiger partial charge in [0.1, 0.15) is 4.21 Å². The lowest BCUT2D eigenvalue weighted by atomic mass is 10.2. The number of hydrogen-bond acceptors (Lipinski definition) is 5. The van der Waals surface area contributed by atoms with Crippen LogP contribution in [-0.4, -0.2) is 63.1 Å². The molecule has 0 saturated carbocycles. The van der Waals surface area contributed by atoms with Gasteiger partial charge in [0, 0.05) is 36.7 Å². The Bertz CT molecular complexity index is 569. The molecule has 0 spiro atoms. The molecular formula is C12H17BrN2O3S2. The fourth-order valence-corrected chi connectivity index (χ4v) is 6.69. The molecular weight excluding hydrogens is 364 g/mol. The Hall–Kier alpha value is 0.01000. The lowest BCUT2D eigenvalue weighted by Gasteiger charge is -2.32. The van der Waals surface area contributed by atoms with Gasteiger partial charge in [-0.2, -0.15) is 4.31 Å². The van der Waals surface area contributed by atoms with Crippen LogP contribution in [0.25, 0.3) is 0 Å². The van der Waals surface area contributed by atoms with Crippen molar-refractivity contribution in [2.45, 2.75) is 16.7 Å². The number of rotatable bonds is 3. The Kier molecular flexibility index (Phi) is 4.49. The van der Waals surface area contributed by atoms with E-state index < -0.39 is 10.0 Å². The molecule has 3 rings (SSSR count). The van der Waals surface area contributed by atoms with Gasteiger partial charge in [-0.3, -0.25) is 4.90 Å². The van der Waals surface area contributed by atoms with E-state index in [-0.39, 0.29) is 0 Å². The quantitative estimate of drug-likeness (QED) is 0.798. The average Bonchev–Trinajstić information content (AvgIpc) is 3.08. The molecule has 5 nitrogen and oxygen atoms in total. The number of halogens is 1. The number of nitrogens with zero attached hydrogens (tertiary/aromatic N) is 2. The summed E-state index contributed by atoms with van der Waals surface area (Å²) in [7, 11) is -3.35. The Morgan fingerprint density at radius 3 is 2.70 bits per heavy atom. The van der Waals surface area contributed by atoms with Crippen LogP contribution in [-0.2, 0) is 14.8 Å². The minimum atomic E-state index is -3.35. The normalized spacial score (nSPS) is 26.1. The zero-order chi connectivity index (χ0) is 14.2. The highest BCUT2D eigenvalue weighted by Crippen LogP contribution is 2.32. The topological polar surface area (TPSA) is 49.9 Å². The van der Waals surface area contributed by atoms with Gasteiger partial charge in [0.15, 0.2) is 0 Å². The van der Waals surface area contributed by atoms with Crippen molar-refractivity contribution in [3.05, 3.63) is 15.9 Å². The molecule has 0 radical (unpaired) electrons. The highest BCUT2D eigenvalue weighted by molar-refractivity contribution is 9.10. The first-order valence-electron chi connectivity index (χ1n) is 6.64. The molecule has 112 valence electrons. The summed E-state index contributed by atoms with van der Waals surface area (Å²) in [5.41, 5.74) is 0. The van der Waals surface area contributed by atoms with Gasteiger partial charge < -0.3 is 4.74 Å². The van der Waals surface area contributed by atoms with Gasteiger partial charge in [-0.05, 0) is 33.8 Å². The van der Waals surface area contributed by atoms with Gasteiger partial charge >= 0.3 is 0 Å². The molecule has 2 aliphatic heterocycles. The minimum Gasteiger partial charge on any atom is -0.379 e. The average molecular weight is 381 g/mol. The van der Waals surface area contributed by atoms with Crippen LogP contribution in [0.1, 0.15) is 6.42 Å². The maximum atomic E-state index is 12.6. The maximum absolute atomic E-state index is 12.6. The largest absolute Gasteiger partial charge is 0.379 e. The molecule has 0 N–H and O–H groups in total. The smallest absolute Gasteiger partial charge is 0.253 e. The summed E-state index contributed by atoms with van der Waals surface area (Å²) in [5, 5.41) is 1.80. The van der Waals surface area contributed by atoms with E-state index in [1.807, 2.05) is 0 Å². The molecule has 1 aromatic heterocycles. The second kappa shape index (κ2) is 6.02. The molecule has 3 heterocycles. The molecule has 2 fully saturated rings. The van der Waals surface area contributed by atoms with Crippen molar-refractivity contribution in [2.75, 3.05) is 39.4 Å². The highest BCUT2D eigenvalue weighted by Gasteiger charge is 2.36. The molecule has 2 aliphatic rings. The van der Waals surface area contributed by atoms with E-state index >= 15 is 0 Å². The van der Waals surface area contributed by atoms with Crippen molar-refractivity contribution in [3.8, 4) is 0 Å². The van der Waals surface area contributed by atoms with Crippen LogP contribution >= 0.6 is 27.3 Å². The Morgan fingerprint density at radius 2 is 2.05 bits per heavy atom. The lowest BCUT2D eigenvalue weighted by Crippen LogP contribution is -2.45. The molecule has 20 heavy (non-hydrogen) atoms. The van der Waals surface area contributed by atoms with Gasteiger partial charge in [-0.15, -0.1) is 11.3 Å². The monoisotopic (exact) mass is 380 g/mol. The van der Waals surface area contributed by atoms with Crippen LogP contribution in [0.4, 0.5) is 0 Å². The number of hydrogen-bond donors (Lipinski definition) is 0. The summed E-state index contributed by atoms with van der Waals surface area (Å²) in [6.45, 7) is 4.50. The number of ether oxygens (including phenoxy) is 1. The number of sulfonamides is 1. The van der Waals surface area contributed by atoms with Crippen LogP contribution in [0, 0.1) is 0 Å². The first-order chi connectivity index (χ1) is 9.59. The van der Waals surface area contributed by atoms with Crippen molar-refractivity contribution in [1.29, 1.82) is 0 Å². The summed E-state index contributed by atoms with van der Waals surface area (Å²) < 4.78 is 33.3. The molecule has 8 heteroatoms. The third kappa shape index (κ3) is 2.82. The van der Waals surface area contributed by atoms with E-state index in [2.05, 4.69) is 20.8 Å². The fourth-order valence-electron chi connectivity index (χ4n) is 2.75. The summed E-state index contributed by atoms with van der Waals surface area (Å²) in [6.07, 6.45) is 0.905. The van der Waals surface area contributed by atoms with E-state index in [9.17, 15) is 8.42 Å². The zero-order valence-electron chi connectivity index (χ0n) is 11.0. The van der Waals surface area contributed by atoms with E-state index in [4.69, 9.17) is 4.74 Å². The van der Waals surface area contributed by atoms with E-state index in [0.29, 0.717) is 27.8 Å². The standard InChI is InChI=1S/C12H17BrN2O3S2/c13-11-2-8-19-12(11)20(16,17)15-3-1-10(9-15)14-4-6-18-7-5-14/h2,8,10H,1,3-7,9H2. The maximum Gasteiger partial charge on any atom is 0.253 e. The fraction of sp³-hybridized carbons (Fsp3) is 0.667. The van der Waals surface area contributed by atoms with Crippen molar-refractivity contribution in [2.24, 2.45) is 0 Å². The van der Waals surface area contributed by atoms with E-state index in [1.54, 1.807) is 15.8 Å². The van der Waals surface area contributed by atoms with Crippen molar-refractivity contribution in [3.63, 3.8) is 0 Å². The predicted octanol–water partition coefficient (Wildman–Crippen LogP) is 1.61. The first kappa shape index (κ1) is 14.9. The Morgan fingerprint density at radius 1 is 1.30 bits per heavy atom. The minimum absolute atomic E-state index is 0.326. The number of thiophene rings is 1. The molecule has 0 bridgehead atoms. The summed E-state index contributed by atoms with van der Waals surface area (Å²) >= 11 is 4.59. The SMILES string of the molecule is O=S(=O)(c1sccc1Br)N1CCC(N2CCOCC2)C1. The predicted molar refractivity (Wildman–Crippen MR) is 81.6 cm³/mol. The first-order valence-corrected chi connectivity index (χ1v) is 9.75. The van der Waals surface area contributed by atoms with Gasteiger partial charge in [-0.1, -0.05) is 0 Å². The second-order valence-corrected chi connectivity index (χ2v) is 8.91. The lowest BCUT2D eigenvalue weighted by molar-refractivity contribution is 0.0197. The van der Waals surface area contributed by atoms with Gasteiger partial charge in [0.25, 0.3) is 10.0 Å². The Labute approximate surface area is 131 Å². The van der Waals surface area contributed by atoms with Crippen LogP contribution in [0.3, 0.4) is 0 Å². The molecule has 1 atom stereocenters. The van der Waals surface area contributed by atoms with Crippen LogP contribution in [0.15, 0.2) is 20.1 Å². The van der Waals surface area contributed by atoms with Crippen molar-refractivity contribution < 1.29 is 13.2 Å². The van der Waals surface area contributed by atoms with Crippen LogP contribution in [0.2, 0.25) is 0 Å². The van der Waals surface area contributed by atoms with E-state index in [1.165, 1.54) is 11.3 Å². The van der Waals surface area contributed by atoms with Crippen LogP contribution in [0.5, 0.6) is 0 Å². The molecule has 2 saturated heterocycles. The second-order valence-electron chi connectivity index (χ2n) is 5.01. The van der Waals surface area contributed by atoms with Crippen molar-refractivity contribution in [1.82, 2.24) is 9.21 Å². The Balaban J connectivity index is 1.72. The zero-order valence-corrected chi connectivity index (χ0v) is 14.2. The molecule has 1 aromatic rings. The highest BCUT2D eigenvalue weighted by atomic mass is 79.9. The third-order valence-corrected chi connectivity index (χ3v) is 8.36. The number of morpholine rings is 1. The van der Waals surface area contributed by atoms with Gasteiger partial charge in [0.2, 0.25) is 0 Å². The summed E-state index contributed by atoms with van der Waals surface area (Å²) in [6, 6.07) is 2.11. The summed E-state index contributed by atoms with van der Waals surface area (Å²) in [4.78, 5) is 2.35. The van der Waals surface area contributed by atoms with Crippen molar-refractivity contribution >= 4 is 37.3 Å². The molecule has 1 unspecified atom stereocenters. The molecule has 0 aromatic carbocycles. The van der Waals surface area contributed by atoms with E-state index in [0.717, 1.165) is 32.7 Å². The van der Waals surface area contributed by atoms with Gasteiger partial charge in [0.05, 0.1) is 13.2 Å². The third-order valence-electron chi connectivity index (χ3n) is 3.85. The van der Waals surface area contributed by atoms with Crippen LogP contribution < -0.4 is 0 Å². The molecule has 0 aliphatic carbocycles. The van der Waals surface area contributed by atoms with Gasteiger partial charge in [-0.25, -0.2) is 8.42 Å². The summed E-state index contributed by atoms with van der Waals surface area (Å²) in [5.74, 6) is 0. The molecule has 0 amide bonds.